The van der Waals surface area contributed by atoms with E-state index < -0.39 is 9.84 Å². The van der Waals surface area contributed by atoms with E-state index in [0.717, 1.165) is 11.4 Å². The van der Waals surface area contributed by atoms with E-state index in [0.29, 0.717) is 18.6 Å². The van der Waals surface area contributed by atoms with Crippen molar-refractivity contribution in [1.29, 1.82) is 0 Å². The molecule has 22 heavy (non-hydrogen) atoms. The Kier molecular flexibility index (Phi) is 5.18. The first-order valence-corrected chi connectivity index (χ1v) is 9.03. The van der Waals surface area contributed by atoms with Crippen molar-refractivity contribution in [2.24, 2.45) is 11.0 Å². The maximum atomic E-state index is 11.5. The molecule has 1 aromatic rings. The average Bonchev–Trinajstić information content (AvgIpc) is 2.46. The minimum absolute atomic E-state index is 0.0787. The van der Waals surface area contributed by atoms with Crippen molar-refractivity contribution in [2.45, 2.75) is 20.3 Å². The minimum Gasteiger partial charge on any atom is -0.462 e. The minimum atomic E-state index is -2.93. The zero-order chi connectivity index (χ0) is 16.2. The van der Waals surface area contributed by atoms with Gasteiger partial charge in [0.15, 0.2) is 9.84 Å². The molecular formula is C15H20N2O4S. The molecule has 6 nitrogen and oxygen atoms in total. The molecule has 1 atom stereocenters. The van der Waals surface area contributed by atoms with Gasteiger partial charge >= 0.3 is 5.97 Å². The van der Waals surface area contributed by atoms with Gasteiger partial charge in [-0.1, -0.05) is 6.92 Å². The van der Waals surface area contributed by atoms with Crippen molar-refractivity contribution < 1.29 is 17.9 Å². The Morgan fingerprint density at radius 2 is 2.05 bits per heavy atom. The lowest BCUT2D eigenvalue weighted by atomic mass is 10.1. The lowest BCUT2D eigenvalue weighted by Gasteiger charge is -2.20. The molecule has 0 amide bonds. The summed E-state index contributed by atoms with van der Waals surface area (Å²) in [4.78, 5) is 11.5. The number of anilines is 1. The second-order valence-corrected chi connectivity index (χ2v) is 7.51. The number of hydrazone groups is 1. The molecule has 0 radical (unpaired) electrons. The summed E-state index contributed by atoms with van der Waals surface area (Å²) in [5.41, 5.74) is 4.98. The summed E-state index contributed by atoms with van der Waals surface area (Å²) < 4.78 is 27.9. The number of ether oxygens (including phenoxy) is 1. The van der Waals surface area contributed by atoms with Crippen molar-refractivity contribution in [1.82, 2.24) is 0 Å². The van der Waals surface area contributed by atoms with Crippen LogP contribution in [-0.4, -0.2) is 38.2 Å². The molecule has 1 aliphatic heterocycles. The standard InChI is InChI=1S/C15H20N2O4S/c1-3-21-15(18)12-4-6-13(7-5-12)16-17-14-8-9-22(19,20)10-11(14)2/h4-7,11,16H,3,8-10H2,1-2H3. The number of carbonyl (C=O) groups is 1. The number of hydrogen-bond acceptors (Lipinski definition) is 6. The summed E-state index contributed by atoms with van der Waals surface area (Å²) >= 11 is 0. The number of hydrogen-bond donors (Lipinski definition) is 1. The van der Waals surface area contributed by atoms with Crippen LogP contribution in [0.25, 0.3) is 0 Å². The molecule has 1 unspecified atom stereocenters. The van der Waals surface area contributed by atoms with Crippen LogP contribution in [-0.2, 0) is 14.6 Å². The third-order valence-electron chi connectivity index (χ3n) is 3.47. The fourth-order valence-corrected chi connectivity index (χ4v) is 3.91. The Balaban J connectivity index is 2.00. The molecule has 0 aromatic heterocycles. The van der Waals surface area contributed by atoms with Crippen molar-refractivity contribution in [3.05, 3.63) is 29.8 Å². The first-order chi connectivity index (χ1) is 10.4. The molecule has 1 aromatic carbocycles. The van der Waals surface area contributed by atoms with Gasteiger partial charge < -0.3 is 4.74 Å². The zero-order valence-corrected chi connectivity index (χ0v) is 13.5. The predicted molar refractivity (Wildman–Crippen MR) is 85.9 cm³/mol. The molecule has 0 aliphatic carbocycles. The van der Waals surface area contributed by atoms with Crippen LogP contribution in [0, 0.1) is 5.92 Å². The third kappa shape index (κ3) is 4.30. The van der Waals surface area contributed by atoms with Crippen LogP contribution >= 0.6 is 0 Å². The van der Waals surface area contributed by atoms with Crippen molar-refractivity contribution in [3.8, 4) is 0 Å². The normalized spacial score (nSPS) is 22.3. The number of carbonyl (C=O) groups excluding carboxylic acids is 1. The summed E-state index contributed by atoms with van der Waals surface area (Å²) in [6.45, 7) is 3.96. The monoisotopic (exact) mass is 324 g/mol. The van der Waals surface area contributed by atoms with Crippen LogP contribution in [0.3, 0.4) is 0 Å². The Hall–Kier alpha value is -1.89. The zero-order valence-electron chi connectivity index (χ0n) is 12.7. The van der Waals surface area contributed by atoms with Gasteiger partial charge in [0.2, 0.25) is 0 Å². The van der Waals surface area contributed by atoms with E-state index in [-0.39, 0.29) is 23.4 Å². The van der Waals surface area contributed by atoms with Gasteiger partial charge in [-0.2, -0.15) is 5.10 Å². The lowest BCUT2D eigenvalue weighted by Crippen LogP contribution is -2.31. The molecule has 1 saturated heterocycles. The molecular weight excluding hydrogens is 304 g/mol. The van der Waals surface area contributed by atoms with Gasteiger partial charge in [0.1, 0.15) is 0 Å². The summed E-state index contributed by atoms with van der Waals surface area (Å²) in [7, 11) is -2.93. The number of nitrogens with one attached hydrogen (secondary N) is 1. The van der Waals surface area contributed by atoms with Crippen molar-refractivity contribution >= 4 is 27.2 Å². The second-order valence-electron chi connectivity index (χ2n) is 5.28. The van der Waals surface area contributed by atoms with Gasteiger partial charge in [0.05, 0.1) is 29.4 Å². The van der Waals surface area contributed by atoms with Gasteiger partial charge in [-0.25, -0.2) is 13.2 Å². The quantitative estimate of drug-likeness (QED) is 0.677. The molecule has 0 saturated carbocycles. The van der Waals surface area contributed by atoms with Crippen LogP contribution in [0.15, 0.2) is 29.4 Å². The fourth-order valence-electron chi connectivity index (χ4n) is 2.26. The van der Waals surface area contributed by atoms with Crippen LogP contribution in [0.5, 0.6) is 0 Å². The highest BCUT2D eigenvalue weighted by atomic mass is 32.2. The van der Waals surface area contributed by atoms with Crippen LogP contribution in [0.1, 0.15) is 30.6 Å². The molecule has 0 bridgehead atoms. The maximum Gasteiger partial charge on any atom is 0.338 e. The van der Waals surface area contributed by atoms with E-state index >= 15 is 0 Å². The highest BCUT2D eigenvalue weighted by Gasteiger charge is 2.26. The van der Waals surface area contributed by atoms with Crippen LogP contribution < -0.4 is 5.43 Å². The number of nitrogens with zero attached hydrogens (tertiary/aromatic N) is 1. The molecule has 1 heterocycles. The summed E-state index contributed by atoms with van der Waals surface area (Å²) in [5, 5.41) is 4.30. The smallest absolute Gasteiger partial charge is 0.338 e. The third-order valence-corrected chi connectivity index (χ3v) is 5.30. The number of benzene rings is 1. The first-order valence-electron chi connectivity index (χ1n) is 7.21. The summed E-state index contributed by atoms with van der Waals surface area (Å²) in [6.07, 6.45) is 0.456. The average molecular weight is 324 g/mol. The molecule has 0 spiro atoms. The number of esters is 1. The molecule has 120 valence electrons. The van der Waals surface area contributed by atoms with Gasteiger partial charge in [-0.15, -0.1) is 0 Å². The first kappa shape index (κ1) is 16.5. The van der Waals surface area contributed by atoms with E-state index in [1.807, 2.05) is 6.92 Å². The van der Waals surface area contributed by atoms with Crippen LogP contribution in [0.2, 0.25) is 0 Å². The Labute approximate surface area is 130 Å². The van der Waals surface area contributed by atoms with E-state index in [4.69, 9.17) is 4.74 Å². The Morgan fingerprint density at radius 1 is 1.36 bits per heavy atom. The highest BCUT2D eigenvalue weighted by Crippen LogP contribution is 2.17. The van der Waals surface area contributed by atoms with Gasteiger partial charge in [0.25, 0.3) is 0 Å². The molecule has 2 rings (SSSR count). The van der Waals surface area contributed by atoms with E-state index in [1.54, 1.807) is 31.2 Å². The van der Waals surface area contributed by atoms with Crippen molar-refractivity contribution in [3.63, 3.8) is 0 Å². The van der Waals surface area contributed by atoms with E-state index in [2.05, 4.69) is 10.5 Å². The molecule has 1 fully saturated rings. The summed E-state index contributed by atoms with van der Waals surface area (Å²) in [5.74, 6) is -0.133. The fraction of sp³-hybridized carbons (Fsp3) is 0.467. The van der Waals surface area contributed by atoms with Crippen molar-refractivity contribution in [2.75, 3.05) is 23.5 Å². The lowest BCUT2D eigenvalue weighted by molar-refractivity contribution is 0.0526. The van der Waals surface area contributed by atoms with E-state index in [1.165, 1.54) is 0 Å². The SMILES string of the molecule is CCOC(=O)c1ccc(NN=C2CCS(=O)(=O)CC2C)cc1. The number of sulfone groups is 1. The number of rotatable bonds is 4. The largest absolute Gasteiger partial charge is 0.462 e. The highest BCUT2D eigenvalue weighted by molar-refractivity contribution is 7.91. The van der Waals surface area contributed by atoms with E-state index in [9.17, 15) is 13.2 Å². The Bertz CT molecular complexity index is 665. The molecule has 1 aliphatic rings. The molecule has 1 N–H and O–H groups in total. The molecule has 7 heteroatoms. The van der Waals surface area contributed by atoms with Gasteiger partial charge in [0, 0.05) is 18.1 Å². The van der Waals surface area contributed by atoms with Gasteiger partial charge in [-0.3, -0.25) is 5.43 Å². The maximum absolute atomic E-state index is 11.5. The second kappa shape index (κ2) is 6.91. The Morgan fingerprint density at radius 3 is 2.64 bits per heavy atom. The summed E-state index contributed by atoms with van der Waals surface area (Å²) in [6, 6.07) is 6.80. The van der Waals surface area contributed by atoms with Gasteiger partial charge in [-0.05, 0) is 31.2 Å². The van der Waals surface area contributed by atoms with Crippen LogP contribution in [0.4, 0.5) is 5.69 Å². The predicted octanol–water partition coefficient (Wildman–Crippen LogP) is 2.09. The topological polar surface area (TPSA) is 84.8 Å².